The van der Waals surface area contributed by atoms with Crippen LogP contribution in [-0.4, -0.2) is 37.2 Å². The molecule has 408 valence electrons. The van der Waals surface area contributed by atoms with Crippen LogP contribution in [0.4, 0.5) is 0 Å². The Bertz CT molecular complexity index is 1070. The molecule has 0 heterocycles. The molecule has 6 heteroatoms. The zero-order valence-electron chi connectivity index (χ0n) is 46.9. The van der Waals surface area contributed by atoms with Crippen molar-refractivity contribution in [2.24, 2.45) is 0 Å². The topological polar surface area (TPSA) is 78.9 Å². The maximum absolute atomic E-state index is 12.9. The Labute approximate surface area is 431 Å². The molecular weight excluding hydrogens is 853 g/mol. The molecule has 0 aromatic heterocycles. The fourth-order valence-electron chi connectivity index (χ4n) is 9.56. The lowest BCUT2D eigenvalue weighted by molar-refractivity contribution is -0.167. The van der Waals surface area contributed by atoms with Crippen LogP contribution in [0.25, 0.3) is 0 Å². The highest BCUT2D eigenvalue weighted by Crippen LogP contribution is 2.18. The summed E-state index contributed by atoms with van der Waals surface area (Å²) in [5.41, 5.74) is 0. The van der Waals surface area contributed by atoms with Crippen LogP contribution in [0.1, 0.15) is 355 Å². The molecule has 0 aliphatic heterocycles. The van der Waals surface area contributed by atoms with Gasteiger partial charge in [0.15, 0.2) is 6.10 Å². The highest BCUT2D eigenvalue weighted by atomic mass is 16.6. The minimum Gasteiger partial charge on any atom is -0.462 e. The SMILES string of the molecule is CCCCCCCC/C=C\CCCCCCCCCCCC(=O)O[C@@H](COC(=O)CCCCCCCCCCCCC)COC(=O)CCCCCCCCCCCCCCCCCCCCCCC. The summed E-state index contributed by atoms with van der Waals surface area (Å²) in [6.45, 7) is 6.70. The average molecular weight is 974 g/mol. The number of hydrogen-bond donors (Lipinski definition) is 0. The Kier molecular flexibility index (Phi) is 57.1. The molecule has 0 amide bonds. The Hall–Kier alpha value is -1.85. The monoisotopic (exact) mass is 973 g/mol. The number of unbranched alkanes of at least 4 members (excludes halogenated alkanes) is 45. The second kappa shape index (κ2) is 58.7. The van der Waals surface area contributed by atoms with Crippen molar-refractivity contribution in [2.45, 2.75) is 361 Å². The Morgan fingerprint density at radius 2 is 0.478 bits per heavy atom. The van der Waals surface area contributed by atoms with Crippen molar-refractivity contribution in [1.82, 2.24) is 0 Å². The normalized spacial score (nSPS) is 12.0. The van der Waals surface area contributed by atoms with E-state index in [0.717, 1.165) is 57.8 Å². The molecule has 0 radical (unpaired) electrons. The molecule has 0 spiro atoms. The molecule has 0 unspecified atom stereocenters. The molecule has 0 bridgehead atoms. The first-order valence-electron chi connectivity index (χ1n) is 31.2. The Balaban J connectivity index is 4.23. The fourth-order valence-corrected chi connectivity index (χ4v) is 9.56. The lowest BCUT2D eigenvalue weighted by Crippen LogP contribution is -2.30. The number of carbonyl (C=O) groups is 3. The van der Waals surface area contributed by atoms with E-state index in [2.05, 4.69) is 32.9 Å². The number of ether oxygens (including phenoxy) is 3. The van der Waals surface area contributed by atoms with Crippen LogP contribution in [0, 0.1) is 0 Å². The minimum absolute atomic E-state index is 0.0645. The van der Waals surface area contributed by atoms with Crippen LogP contribution in [0.2, 0.25) is 0 Å². The maximum Gasteiger partial charge on any atom is 0.306 e. The lowest BCUT2D eigenvalue weighted by atomic mass is 10.0. The summed E-state index contributed by atoms with van der Waals surface area (Å²) in [5.74, 6) is -0.840. The zero-order valence-corrected chi connectivity index (χ0v) is 46.9. The van der Waals surface area contributed by atoms with E-state index in [1.165, 1.54) is 257 Å². The third kappa shape index (κ3) is 56.9. The van der Waals surface area contributed by atoms with E-state index >= 15 is 0 Å². The molecule has 0 N–H and O–H groups in total. The van der Waals surface area contributed by atoms with Gasteiger partial charge in [-0.15, -0.1) is 0 Å². The summed E-state index contributed by atoms with van der Waals surface area (Å²) in [5, 5.41) is 0. The molecule has 0 saturated carbocycles. The van der Waals surface area contributed by atoms with Crippen molar-refractivity contribution in [3.8, 4) is 0 Å². The number of carbonyl (C=O) groups excluding carboxylic acids is 3. The van der Waals surface area contributed by atoms with Gasteiger partial charge < -0.3 is 14.2 Å². The molecule has 0 rings (SSSR count). The third-order valence-corrected chi connectivity index (χ3v) is 14.3. The summed E-state index contributed by atoms with van der Waals surface area (Å²) in [7, 11) is 0. The Morgan fingerprint density at radius 3 is 0.725 bits per heavy atom. The van der Waals surface area contributed by atoms with E-state index in [1.54, 1.807) is 0 Å². The van der Waals surface area contributed by atoms with Crippen LogP contribution in [0.15, 0.2) is 12.2 Å². The quantitative estimate of drug-likeness (QED) is 0.0261. The predicted molar refractivity (Wildman–Crippen MR) is 298 cm³/mol. The number of rotatable bonds is 58. The van der Waals surface area contributed by atoms with Gasteiger partial charge in [0.2, 0.25) is 0 Å². The molecule has 0 aliphatic carbocycles. The van der Waals surface area contributed by atoms with Gasteiger partial charge >= 0.3 is 17.9 Å². The smallest absolute Gasteiger partial charge is 0.306 e. The fraction of sp³-hybridized carbons (Fsp3) is 0.921. The maximum atomic E-state index is 12.9. The van der Waals surface area contributed by atoms with Gasteiger partial charge in [-0.25, -0.2) is 0 Å². The molecule has 0 aromatic rings. The number of esters is 3. The van der Waals surface area contributed by atoms with Gasteiger partial charge in [0.05, 0.1) is 0 Å². The van der Waals surface area contributed by atoms with Gasteiger partial charge in [0.25, 0.3) is 0 Å². The van der Waals surface area contributed by atoms with Crippen molar-refractivity contribution in [3.05, 3.63) is 12.2 Å². The van der Waals surface area contributed by atoms with Crippen molar-refractivity contribution >= 4 is 17.9 Å². The van der Waals surface area contributed by atoms with Gasteiger partial charge in [-0.3, -0.25) is 14.4 Å². The Morgan fingerprint density at radius 1 is 0.275 bits per heavy atom. The van der Waals surface area contributed by atoms with Gasteiger partial charge in [-0.05, 0) is 44.9 Å². The van der Waals surface area contributed by atoms with Gasteiger partial charge in [-0.2, -0.15) is 0 Å². The van der Waals surface area contributed by atoms with Crippen LogP contribution >= 0.6 is 0 Å². The first-order valence-corrected chi connectivity index (χ1v) is 31.2. The van der Waals surface area contributed by atoms with Crippen LogP contribution in [0.3, 0.4) is 0 Å². The average Bonchev–Trinajstić information content (AvgIpc) is 3.35. The first-order chi connectivity index (χ1) is 34.0. The third-order valence-electron chi connectivity index (χ3n) is 14.3. The largest absolute Gasteiger partial charge is 0.462 e. The zero-order chi connectivity index (χ0) is 50.0. The molecule has 69 heavy (non-hydrogen) atoms. The van der Waals surface area contributed by atoms with Gasteiger partial charge in [0.1, 0.15) is 13.2 Å². The van der Waals surface area contributed by atoms with Gasteiger partial charge in [0, 0.05) is 19.3 Å². The second-order valence-corrected chi connectivity index (χ2v) is 21.3. The molecule has 1 atom stereocenters. The van der Waals surface area contributed by atoms with E-state index in [-0.39, 0.29) is 31.1 Å². The van der Waals surface area contributed by atoms with E-state index in [0.29, 0.717) is 19.3 Å². The van der Waals surface area contributed by atoms with Gasteiger partial charge in [-0.1, -0.05) is 303 Å². The van der Waals surface area contributed by atoms with Crippen molar-refractivity contribution in [2.75, 3.05) is 13.2 Å². The highest BCUT2D eigenvalue weighted by Gasteiger charge is 2.19. The summed E-state index contributed by atoms with van der Waals surface area (Å²) >= 11 is 0. The minimum atomic E-state index is -0.766. The van der Waals surface area contributed by atoms with E-state index < -0.39 is 6.10 Å². The molecular formula is C63H120O6. The van der Waals surface area contributed by atoms with Crippen molar-refractivity contribution in [3.63, 3.8) is 0 Å². The van der Waals surface area contributed by atoms with Crippen LogP contribution in [-0.2, 0) is 28.6 Å². The van der Waals surface area contributed by atoms with E-state index in [9.17, 15) is 14.4 Å². The first kappa shape index (κ1) is 67.1. The van der Waals surface area contributed by atoms with Crippen molar-refractivity contribution < 1.29 is 28.6 Å². The molecule has 6 nitrogen and oxygen atoms in total. The molecule has 0 aromatic carbocycles. The van der Waals surface area contributed by atoms with E-state index in [4.69, 9.17) is 14.2 Å². The summed E-state index contributed by atoms with van der Waals surface area (Å²) in [6, 6.07) is 0. The predicted octanol–water partition coefficient (Wildman–Crippen LogP) is 20.9. The summed E-state index contributed by atoms with van der Waals surface area (Å²) in [6.07, 6.45) is 67.9. The summed E-state index contributed by atoms with van der Waals surface area (Å²) in [4.78, 5) is 38.2. The molecule has 0 aliphatic rings. The van der Waals surface area contributed by atoms with Crippen LogP contribution in [0.5, 0.6) is 0 Å². The number of hydrogen-bond acceptors (Lipinski definition) is 6. The molecule has 0 saturated heterocycles. The lowest BCUT2D eigenvalue weighted by Gasteiger charge is -2.18. The number of allylic oxidation sites excluding steroid dienone is 2. The highest BCUT2D eigenvalue weighted by molar-refractivity contribution is 5.71. The standard InChI is InChI=1S/C63H120O6/c1-4-7-10-13-16-19-22-24-26-28-30-31-33-34-36-38-41-44-47-50-53-56-62(65)68-59-60(58-67-61(64)55-52-49-46-43-40-21-18-15-12-9-6-3)69-63(66)57-54-51-48-45-42-39-37-35-32-29-27-25-23-20-17-14-11-8-5-2/h25,27,60H,4-24,26,28-59H2,1-3H3/b27-25-/t60-/m0/s1. The summed E-state index contributed by atoms with van der Waals surface area (Å²) < 4.78 is 16.9. The van der Waals surface area contributed by atoms with Crippen LogP contribution < -0.4 is 0 Å². The van der Waals surface area contributed by atoms with E-state index in [1.807, 2.05) is 0 Å². The second-order valence-electron chi connectivity index (χ2n) is 21.3. The van der Waals surface area contributed by atoms with Crippen molar-refractivity contribution in [1.29, 1.82) is 0 Å². The molecule has 0 fully saturated rings.